The number of hydrogen-bond donors (Lipinski definition) is 0. The number of ether oxygens (including phenoxy) is 1. The second kappa shape index (κ2) is 22.5. The van der Waals surface area contributed by atoms with Gasteiger partial charge in [-0.25, -0.2) is 0 Å². The van der Waals surface area contributed by atoms with Gasteiger partial charge in [-0.15, -0.1) is 0 Å². The van der Waals surface area contributed by atoms with E-state index in [1.165, 1.54) is 77.9 Å². The van der Waals surface area contributed by atoms with Crippen LogP contribution in [0.15, 0.2) is 188 Å². The Morgan fingerprint density at radius 3 is 0.726 bits per heavy atom. The van der Waals surface area contributed by atoms with Crippen LogP contribution >= 0.6 is 0 Å². The van der Waals surface area contributed by atoms with Crippen LogP contribution in [-0.2, 0) is 32.5 Å². The zero-order valence-corrected chi connectivity index (χ0v) is 54.1. The molecule has 0 aromatic heterocycles. The minimum absolute atomic E-state index is 0.0258. The molecular formula is C82H93NO. The van der Waals surface area contributed by atoms with Crippen molar-refractivity contribution in [2.45, 2.75) is 183 Å². The number of fused-ring (bicyclic) bond motifs is 2. The highest BCUT2D eigenvalue weighted by Gasteiger charge is 2.32. The van der Waals surface area contributed by atoms with Crippen molar-refractivity contribution in [1.82, 2.24) is 0 Å². The fourth-order valence-electron chi connectivity index (χ4n) is 12.4. The molecule has 432 valence electrons. The van der Waals surface area contributed by atoms with Crippen molar-refractivity contribution in [3.63, 3.8) is 0 Å². The van der Waals surface area contributed by atoms with Gasteiger partial charge in [0.05, 0.1) is 11.4 Å². The molecule has 84 heavy (non-hydrogen) atoms. The van der Waals surface area contributed by atoms with Crippen LogP contribution in [-0.4, -0.2) is 0 Å². The maximum absolute atomic E-state index is 7.22. The fraction of sp³-hybridized carbons (Fsp3) is 0.341. The molecule has 0 amide bonds. The summed E-state index contributed by atoms with van der Waals surface area (Å²) in [7, 11) is 0. The van der Waals surface area contributed by atoms with Crippen LogP contribution in [0.4, 0.5) is 17.1 Å². The van der Waals surface area contributed by atoms with Crippen LogP contribution in [0.2, 0.25) is 0 Å². The highest BCUT2D eigenvalue weighted by atomic mass is 16.5. The van der Waals surface area contributed by atoms with Crippen LogP contribution in [0.3, 0.4) is 0 Å². The van der Waals surface area contributed by atoms with Gasteiger partial charge in [0.25, 0.3) is 0 Å². The lowest BCUT2D eigenvalue weighted by Crippen LogP contribution is -2.21. The van der Waals surface area contributed by atoms with Crippen molar-refractivity contribution < 1.29 is 4.74 Å². The Morgan fingerprint density at radius 1 is 0.262 bits per heavy atom. The Labute approximate surface area is 506 Å². The predicted molar refractivity (Wildman–Crippen MR) is 364 cm³/mol. The molecule has 1 aliphatic rings. The minimum atomic E-state index is -0.0258. The zero-order valence-electron chi connectivity index (χ0n) is 54.1. The normalized spacial score (nSPS) is 13.1. The van der Waals surface area contributed by atoms with Crippen molar-refractivity contribution in [3.8, 4) is 78.3 Å². The number of benzene rings is 9. The monoisotopic (exact) mass is 1110 g/mol. The van der Waals surface area contributed by atoms with Gasteiger partial charge in [-0.1, -0.05) is 247 Å². The number of hydrogen-bond acceptors (Lipinski definition) is 2. The van der Waals surface area contributed by atoms with E-state index in [0.29, 0.717) is 0 Å². The van der Waals surface area contributed by atoms with E-state index in [-0.39, 0.29) is 32.5 Å². The van der Waals surface area contributed by atoms with E-state index >= 15 is 0 Å². The number of anilines is 3. The molecule has 0 N–H and O–H groups in total. The molecule has 0 aliphatic carbocycles. The number of nitrogens with zero attached hydrogens (tertiary/aromatic N) is 1. The molecule has 0 radical (unpaired) electrons. The summed E-state index contributed by atoms with van der Waals surface area (Å²) in [6.45, 7) is 41.5. The molecule has 2 heteroatoms. The summed E-state index contributed by atoms with van der Waals surface area (Å²) in [5.74, 6) is 1.76. The summed E-state index contributed by atoms with van der Waals surface area (Å²) in [6, 6.07) is 72.8. The highest BCUT2D eigenvalue weighted by molar-refractivity contribution is 5.93. The first kappa shape index (κ1) is 59.7. The molecule has 0 bridgehead atoms. The molecule has 2 nitrogen and oxygen atoms in total. The van der Waals surface area contributed by atoms with Gasteiger partial charge in [-0.05, 0) is 224 Å². The third kappa shape index (κ3) is 12.7. The number of rotatable bonds is 13. The van der Waals surface area contributed by atoms with Crippen molar-refractivity contribution in [1.29, 1.82) is 0 Å². The molecule has 10 rings (SSSR count). The first-order chi connectivity index (χ1) is 39.5. The Bertz CT molecular complexity index is 3420. The lowest BCUT2D eigenvalue weighted by molar-refractivity contribution is 0.448. The van der Waals surface area contributed by atoms with E-state index in [0.717, 1.165) is 76.5 Å². The van der Waals surface area contributed by atoms with E-state index in [2.05, 4.69) is 318 Å². The second-order valence-corrected chi connectivity index (χ2v) is 29.7. The lowest BCUT2D eigenvalue weighted by atomic mass is 9.80. The van der Waals surface area contributed by atoms with Gasteiger partial charge < -0.3 is 9.64 Å². The van der Waals surface area contributed by atoms with Gasteiger partial charge in [0.1, 0.15) is 0 Å². The highest BCUT2D eigenvalue weighted by Crippen LogP contribution is 2.54. The second-order valence-electron chi connectivity index (χ2n) is 29.7. The third-order valence-electron chi connectivity index (χ3n) is 18.0. The van der Waals surface area contributed by atoms with Crippen molar-refractivity contribution in [2.75, 3.05) is 4.90 Å². The van der Waals surface area contributed by atoms with E-state index in [4.69, 9.17) is 4.74 Å². The summed E-state index contributed by atoms with van der Waals surface area (Å²) in [5, 5.41) is 0. The maximum atomic E-state index is 7.22. The topological polar surface area (TPSA) is 12.5 Å². The minimum Gasteiger partial charge on any atom is -0.453 e. The predicted octanol–water partition coefficient (Wildman–Crippen LogP) is 24.6. The Morgan fingerprint density at radius 2 is 0.488 bits per heavy atom. The van der Waals surface area contributed by atoms with E-state index in [1.54, 1.807) is 0 Å². The van der Waals surface area contributed by atoms with Gasteiger partial charge in [0, 0.05) is 5.69 Å². The molecule has 9 aromatic carbocycles. The average molecular weight is 1110 g/mol. The summed E-state index contributed by atoms with van der Waals surface area (Å²) in [5.41, 5.74) is 25.2. The Hall–Kier alpha value is -7.42. The summed E-state index contributed by atoms with van der Waals surface area (Å²) >= 11 is 0. The molecule has 1 aliphatic heterocycles. The van der Waals surface area contributed by atoms with Crippen LogP contribution in [0.5, 0.6) is 11.5 Å². The van der Waals surface area contributed by atoms with Crippen LogP contribution in [0, 0.1) is 0 Å². The van der Waals surface area contributed by atoms with E-state index in [1.807, 2.05) is 0 Å². The largest absolute Gasteiger partial charge is 0.453 e. The zero-order chi connectivity index (χ0) is 60.3. The van der Waals surface area contributed by atoms with Crippen molar-refractivity contribution >= 4 is 17.1 Å². The SMILES string of the molecule is CCCC(C)(C)c1ccc2c(c1)Oc1cc(C(C)(C)CCC)ccc1N2c1cc(-c2cc(-c3ccc(C(C)(C)C)cc3)cc(-c3ccc(C(C)(C)C)cc3)c2)cc(-c2cc(-c3ccc(C(C)(C)C)cc3)cc(-c3ccc(C(C)(C)C)cc3)c2)c1. The Kier molecular flexibility index (Phi) is 16.0. The fourth-order valence-corrected chi connectivity index (χ4v) is 12.4. The van der Waals surface area contributed by atoms with E-state index < -0.39 is 0 Å². The molecule has 0 saturated heterocycles. The van der Waals surface area contributed by atoms with Crippen molar-refractivity contribution in [2.24, 2.45) is 0 Å². The first-order valence-electron chi connectivity index (χ1n) is 31.2. The molecule has 9 aromatic rings. The standard InChI is InChI=1S/C82H93NO/c1-19-41-81(15,16)70-37-39-73-75(52-70)84-76-53-71(82(17,18)42-20-2)38-40-74(76)83(73)72-50-64(62-45-58(54-21-29-66(30-22-54)77(3,4)5)43-59(46-62)55-23-31-67(32-24-55)78(6,7)8)49-65(51-72)63-47-60(56-25-33-68(34-26-56)79(9,10)11)44-61(48-63)57-27-35-69(36-28-57)80(12,13)14/h21-40,43-53H,19-20,41-42H2,1-18H3. The molecular weight excluding hydrogens is 1010 g/mol. The van der Waals surface area contributed by atoms with Gasteiger partial charge in [0.2, 0.25) is 0 Å². The van der Waals surface area contributed by atoms with Gasteiger partial charge in [0.15, 0.2) is 11.5 Å². The summed E-state index contributed by atoms with van der Waals surface area (Å²) < 4.78 is 7.22. The van der Waals surface area contributed by atoms with Crippen LogP contribution in [0.1, 0.15) is 184 Å². The molecule has 0 spiro atoms. The summed E-state index contributed by atoms with van der Waals surface area (Å²) in [4.78, 5) is 2.48. The maximum Gasteiger partial charge on any atom is 0.151 e. The molecule has 1 heterocycles. The lowest BCUT2D eigenvalue weighted by Gasteiger charge is -2.36. The molecule has 0 atom stereocenters. The molecule has 0 unspecified atom stereocenters. The molecule has 0 saturated carbocycles. The van der Waals surface area contributed by atoms with Gasteiger partial charge >= 0.3 is 0 Å². The first-order valence-corrected chi connectivity index (χ1v) is 31.2. The smallest absolute Gasteiger partial charge is 0.151 e. The quantitative estimate of drug-likeness (QED) is 0.114. The Balaban J connectivity index is 1.27. The van der Waals surface area contributed by atoms with Gasteiger partial charge in [-0.3, -0.25) is 0 Å². The van der Waals surface area contributed by atoms with Gasteiger partial charge in [-0.2, -0.15) is 0 Å². The molecule has 0 fully saturated rings. The van der Waals surface area contributed by atoms with Crippen LogP contribution < -0.4 is 9.64 Å². The summed E-state index contributed by atoms with van der Waals surface area (Å²) in [6.07, 6.45) is 4.37. The average Bonchev–Trinajstić information content (AvgIpc) is 0.949. The third-order valence-corrected chi connectivity index (χ3v) is 18.0. The van der Waals surface area contributed by atoms with Crippen LogP contribution in [0.25, 0.3) is 66.8 Å². The van der Waals surface area contributed by atoms with E-state index in [9.17, 15) is 0 Å². The van der Waals surface area contributed by atoms with Crippen molar-refractivity contribution in [3.05, 3.63) is 221 Å².